The van der Waals surface area contributed by atoms with Crippen LogP contribution in [0.3, 0.4) is 0 Å². The van der Waals surface area contributed by atoms with Gasteiger partial charge in [0.2, 0.25) is 10.0 Å². The van der Waals surface area contributed by atoms with Gasteiger partial charge in [-0.25, -0.2) is 18.9 Å². The zero-order chi connectivity index (χ0) is 20.9. The molecule has 29 heavy (non-hydrogen) atoms. The molecule has 1 aromatic heterocycles. The first-order valence-electron chi connectivity index (χ1n) is 9.66. The molecule has 2 saturated heterocycles. The average molecular weight is 443 g/mol. The number of carbonyl (C=O) groups excluding carboxylic acids is 1. The SMILES string of the molecule is CCCC#Cc1cnc(N2CCN(S(=O)(=O)C3(C(=O)NO)CCOCC3)CC2)s1. The van der Waals surface area contributed by atoms with Gasteiger partial charge in [0.1, 0.15) is 0 Å². The summed E-state index contributed by atoms with van der Waals surface area (Å²) in [6, 6.07) is 0. The molecule has 2 aliphatic rings. The van der Waals surface area contributed by atoms with Gasteiger partial charge >= 0.3 is 0 Å². The highest BCUT2D eigenvalue weighted by Crippen LogP contribution is 2.34. The molecule has 0 atom stereocenters. The molecule has 0 spiro atoms. The van der Waals surface area contributed by atoms with Crippen LogP contribution in [0, 0.1) is 11.8 Å². The second kappa shape index (κ2) is 9.40. The van der Waals surface area contributed by atoms with Gasteiger partial charge in [0.05, 0.1) is 11.1 Å². The van der Waals surface area contributed by atoms with E-state index in [1.807, 2.05) is 4.90 Å². The lowest BCUT2D eigenvalue weighted by Crippen LogP contribution is -2.62. The Morgan fingerprint density at radius 2 is 2.03 bits per heavy atom. The molecule has 9 nitrogen and oxygen atoms in total. The molecule has 11 heteroatoms. The van der Waals surface area contributed by atoms with Crippen molar-refractivity contribution in [1.82, 2.24) is 14.8 Å². The molecule has 3 heterocycles. The van der Waals surface area contributed by atoms with E-state index in [-0.39, 0.29) is 39.1 Å². The van der Waals surface area contributed by atoms with E-state index in [9.17, 15) is 13.2 Å². The zero-order valence-corrected chi connectivity index (χ0v) is 18.0. The van der Waals surface area contributed by atoms with Crippen molar-refractivity contribution in [2.45, 2.75) is 37.4 Å². The van der Waals surface area contributed by atoms with Crippen LogP contribution >= 0.6 is 11.3 Å². The number of amides is 1. The van der Waals surface area contributed by atoms with Gasteiger partial charge in [0, 0.05) is 58.7 Å². The van der Waals surface area contributed by atoms with Crippen molar-refractivity contribution in [2.24, 2.45) is 0 Å². The Hall–Kier alpha value is -1.71. The number of unbranched alkanes of at least 4 members (excludes halogenated alkanes) is 1. The number of hydroxylamine groups is 1. The first kappa shape index (κ1) is 22.0. The number of carbonyl (C=O) groups is 1. The number of ether oxygens (including phenoxy) is 1. The molecule has 2 fully saturated rings. The minimum absolute atomic E-state index is 0.0220. The Labute approximate surface area is 175 Å². The summed E-state index contributed by atoms with van der Waals surface area (Å²) in [5.41, 5.74) is 1.55. The third-order valence-electron chi connectivity index (χ3n) is 5.24. The van der Waals surface area contributed by atoms with Gasteiger partial charge in [0.25, 0.3) is 5.91 Å². The number of hydrogen-bond acceptors (Lipinski definition) is 8. The highest BCUT2D eigenvalue weighted by molar-refractivity contribution is 7.91. The van der Waals surface area contributed by atoms with Crippen molar-refractivity contribution in [3.63, 3.8) is 0 Å². The van der Waals surface area contributed by atoms with E-state index < -0.39 is 20.7 Å². The number of sulfonamides is 1. The minimum Gasteiger partial charge on any atom is -0.381 e. The Morgan fingerprint density at radius 1 is 1.34 bits per heavy atom. The average Bonchev–Trinajstić information content (AvgIpc) is 3.22. The molecule has 0 bridgehead atoms. The molecular formula is C18H26N4O5S2. The number of nitrogens with zero attached hydrogens (tertiary/aromatic N) is 3. The summed E-state index contributed by atoms with van der Waals surface area (Å²) in [6.07, 6.45) is 3.64. The zero-order valence-electron chi connectivity index (χ0n) is 16.4. The highest BCUT2D eigenvalue weighted by atomic mass is 32.2. The highest BCUT2D eigenvalue weighted by Gasteiger charge is 2.54. The molecule has 0 unspecified atom stereocenters. The normalized spacial score (nSPS) is 20.0. The van der Waals surface area contributed by atoms with Crippen LogP contribution in [0.15, 0.2) is 6.20 Å². The lowest BCUT2D eigenvalue weighted by molar-refractivity contribution is -0.134. The van der Waals surface area contributed by atoms with Crippen molar-refractivity contribution >= 4 is 32.4 Å². The smallest absolute Gasteiger partial charge is 0.266 e. The van der Waals surface area contributed by atoms with Crippen molar-refractivity contribution < 1.29 is 23.2 Å². The van der Waals surface area contributed by atoms with E-state index in [4.69, 9.17) is 9.94 Å². The summed E-state index contributed by atoms with van der Waals surface area (Å²) < 4.78 is 31.5. The van der Waals surface area contributed by atoms with Gasteiger partial charge in [-0.15, -0.1) is 0 Å². The van der Waals surface area contributed by atoms with E-state index in [1.54, 1.807) is 11.7 Å². The minimum atomic E-state index is -3.96. The first-order valence-corrected chi connectivity index (χ1v) is 11.9. The lowest BCUT2D eigenvalue weighted by Gasteiger charge is -2.41. The Bertz CT molecular complexity index is 876. The third kappa shape index (κ3) is 4.41. The van der Waals surface area contributed by atoms with Crippen LogP contribution in [0.1, 0.15) is 37.5 Å². The van der Waals surface area contributed by atoms with Crippen LogP contribution in [0.5, 0.6) is 0 Å². The Kier molecular flexibility index (Phi) is 7.13. The van der Waals surface area contributed by atoms with Gasteiger partial charge in [-0.05, 0) is 6.42 Å². The summed E-state index contributed by atoms with van der Waals surface area (Å²) in [4.78, 5) is 19.7. The lowest BCUT2D eigenvalue weighted by atomic mass is 9.98. The van der Waals surface area contributed by atoms with Crippen LogP contribution in [-0.4, -0.2) is 73.0 Å². The van der Waals surface area contributed by atoms with Gasteiger partial charge < -0.3 is 9.64 Å². The predicted molar refractivity (Wildman–Crippen MR) is 109 cm³/mol. The fraction of sp³-hybridized carbons (Fsp3) is 0.667. The quantitative estimate of drug-likeness (QED) is 0.394. The molecule has 0 aliphatic carbocycles. The maximum Gasteiger partial charge on any atom is 0.266 e. The first-order chi connectivity index (χ1) is 13.9. The molecule has 1 aromatic rings. The molecule has 0 aromatic carbocycles. The third-order valence-corrected chi connectivity index (χ3v) is 8.84. The summed E-state index contributed by atoms with van der Waals surface area (Å²) in [7, 11) is -3.96. The monoisotopic (exact) mass is 442 g/mol. The number of piperazine rings is 1. The molecular weight excluding hydrogens is 416 g/mol. The van der Waals surface area contributed by atoms with Gasteiger partial charge in [-0.3, -0.25) is 10.0 Å². The summed E-state index contributed by atoms with van der Waals surface area (Å²) in [6.45, 7) is 3.85. The number of thiazole rings is 1. The standard InChI is InChI=1S/C18H26N4O5S2/c1-2-3-4-5-15-14-19-17(28-15)21-8-10-22(11-9-21)29(25,26)18(16(23)20-24)6-12-27-13-7-18/h14,24H,2-3,6-13H2,1H3,(H,20,23). The molecule has 0 saturated carbocycles. The fourth-order valence-corrected chi connectivity index (χ4v) is 6.46. The molecule has 3 rings (SSSR count). The van der Waals surface area contributed by atoms with Crippen LogP contribution < -0.4 is 10.4 Å². The van der Waals surface area contributed by atoms with E-state index in [0.29, 0.717) is 13.1 Å². The van der Waals surface area contributed by atoms with Crippen molar-refractivity contribution in [2.75, 3.05) is 44.3 Å². The van der Waals surface area contributed by atoms with Crippen molar-refractivity contribution in [3.05, 3.63) is 11.1 Å². The number of aromatic nitrogens is 1. The number of anilines is 1. The maximum atomic E-state index is 13.3. The number of hydrogen-bond donors (Lipinski definition) is 2. The van der Waals surface area contributed by atoms with Gasteiger partial charge in [0.15, 0.2) is 9.88 Å². The Morgan fingerprint density at radius 3 is 2.66 bits per heavy atom. The van der Waals surface area contributed by atoms with E-state index in [0.717, 1.165) is 22.9 Å². The summed E-state index contributed by atoms with van der Waals surface area (Å²) >= 11 is 1.49. The van der Waals surface area contributed by atoms with E-state index >= 15 is 0 Å². The summed E-state index contributed by atoms with van der Waals surface area (Å²) in [5.74, 6) is 5.30. The van der Waals surface area contributed by atoms with Gasteiger partial charge in [-0.1, -0.05) is 30.1 Å². The molecule has 1 amide bonds. The fourth-order valence-electron chi connectivity index (χ4n) is 3.52. The maximum absolute atomic E-state index is 13.3. The van der Waals surface area contributed by atoms with E-state index in [1.165, 1.54) is 15.6 Å². The largest absolute Gasteiger partial charge is 0.381 e. The van der Waals surface area contributed by atoms with E-state index in [2.05, 4.69) is 23.7 Å². The van der Waals surface area contributed by atoms with Gasteiger partial charge in [-0.2, -0.15) is 4.31 Å². The molecule has 2 aliphatic heterocycles. The van der Waals surface area contributed by atoms with Crippen LogP contribution in [0.25, 0.3) is 0 Å². The van der Waals surface area contributed by atoms with Crippen molar-refractivity contribution in [3.8, 4) is 11.8 Å². The second-order valence-electron chi connectivity index (χ2n) is 7.00. The second-order valence-corrected chi connectivity index (χ2v) is 10.3. The van der Waals surface area contributed by atoms with Crippen LogP contribution in [0.2, 0.25) is 0 Å². The predicted octanol–water partition coefficient (Wildman–Crippen LogP) is 0.801. The molecule has 2 N–H and O–H groups in total. The topological polar surface area (TPSA) is 112 Å². The molecule has 0 radical (unpaired) electrons. The van der Waals surface area contributed by atoms with Crippen molar-refractivity contribution in [1.29, 1.82) is 0 Å². The van der Waals surface area contributed by atoms with Crippen LogP contribution in [-0.2, 0) is 19.6 Å². The number of nitrogens with one attached hydrogen (secondary N) is 1. The molecule has 160 valence electrons. The summed E-state index contributed by atoms with van der Waals surface area (Å²) in [5, 5.41) is 9.95. The van der Waals surface area contributed by atoms with Crippen LogP contribution in [0.4, 0.5) is 5.13 Å². The number of rotatable bonds is 5. The Balaban J connectivity index is 1.69.